The molecule has 0 amide bonds. The number of nitriles is 1. The molecule has 2 aromatic carbocycles. The van der Waals surface area contributed by atoms with Crippen LogP contribution in [0.4, 0.5) is 4.39 Å². The van der Waals surface area contributed by atoms with Gasteiger partial charge in [0.1, 0.15) is 22.5 Å². The number of phosphoric ester groups is 1. The molecule has 0 N–H and O–H groups in total. The standard InChI is InChI=1S/C18H16Cl2FN2O7PS.2Na/c19-13-2-4-17(15(20)5-13)32(27,28)23-8-18(9-23,11-30-31(24,25)26)10-29-14-3-1-12(7-22)16(21)6-14;;/h1-6H,8-11H2,(H2,24,25,26);;/q;2*+1/p-2. The number of ether oxygens (including phenoxy) is 1. The third-order valence-electron chi connectivity index (χ3n) is 4.67. The molecule has 2 aromatic rings. The number of hydrogen-bond donors (Lipinski definition) is 0. The van der Waals surface area contributed by atoms with Gasteiger partial charge >= 0.3 is 59.1 Å². The molecule has 16 heteroatoms. The average molecular weight is 569 g/mol. The summed E-state index contributed by atoms with van der Waals surface area (Å²) in [6, 6.07) is 8.98. The first-order chi connectivity index (χ1) is 14.8. The molecule has 0 radical (unpaired) electrons. The molecule has 1 heterocycles. The van der Waals surface area contributed by atoms with Gasteiger partial charge in [0, 0.05) is 24.2 Å². The van der Waals surface area contributed by atoms with Gasteiger partial charge in [-0.25, -0.2) is 12.8 Å². The average Bonchev–Trinajstić information content (AvgIpc) is 2.65. The van der Waals surface area contributed by atoms with Crippen molar-refractivity contribution in [2.24, 2.45) is 5.41 Å². The van der Waals surface area contributed by atoms with Gasteiger partial charge in [-0.3, -0.25) is 0 Å². The van der Waals surface area contributed by atoms with E-state index >= 15 is 0 Å². The summed E-state index contributed by atoms with van der Waals surface area (Å²) in [5.41, 5.74) is -1.41. The van der Waals surface area contributed by atoms with Crippen molar-refractivity contribution in [1.29, 1.82) is 5.26 Å². The minimum Gasteiger partial charge on any atom is -0.790 e. The normalized spacial score (nSPS) is 15.3. The van der Waals surface area contributed by atoms with E-state index in [4.69, 9.17) is 33.2 Å². The van der Waals surface area contributed by atoms with Crippen LogP contribution in [-0.2, 0) is 19.1 Å². The molecule has 1 aliphatic heterocycles. The van der Waals surface area contributed by atoms with Crippen LogP contribution in [0.15, 0.2) is 41.3 Å². The second-order valence-corrected chi connectivity index (χ2v) is 11.0. The smallest absolute Gasteiger partial charge is 0.790 e. The van der Waals surface area contributed by atoms with Crippen molar-refractivity contribution in [2.75, 3.05) is 26.3 Å². The molecule has 1 aliphatic rings. The van der Waals surface area contributed by atoms with Crippen LogP contribution in [0.25, 0.3) is 0 Å². The molecule has 0 spiro atoms. The maximum atomic E-state index is 13.8. The van der Waals surface area contributed by atoms with Crippen molar-refractivity contribution in [2.45, 2.75) is 4.90 Å². The number of hydrogen-bond acceptors (Lipinski definition) is 8. The van der Waals surface area contributed by atoms with E-state index in [1.165, 1.54) is 30.3 Å². The van der Waals surface area contributed by atoms with Gasteiger partial charge < -0.3 is 23.6 Å². The van der Waals surface area contributed by atoms with E-state index in [0.29, 0.717) is 0 Å². The van der Waals surface area contributed by atoms with Crippen LogP contribution in [0, 0.1) is 22.6 Å². The monoisotopic (exact) mass is 568 g/mol. The fourth-order valence-corrected chi connectivity index (χ4v) is 5.89. The number of halogens is 3. The summed E-state index contributed by atoms with van der Waals surface area (Å²) in [4.78, 5) is 21.7. The van der Waals surface area contributed by atoms with Gasteiger partial charge in [-0.1, -0.05) is 23.2 Å². The zero-order chi connectivity index (χ0) is 23.7. The Kier molecular flexibility index (Phi) is 12.0. The predicted molar refractivity (Wildman–Crippen MR) is 108 cm³/mol. The first-order valence-corrected chi connectivity index (χ1v) is 12.5. The van der Waals surface area contributed by atoms with Crippen LogP contribution in [-0.4, -0.2) is 39.0 Å². The van der Waals surface area contributed by atoms with Crippen molar-refractivity contribution < 1.29 is 95.5 Å². The molecule has 9 nitrogen and oxygen atoms in total. The van der Waals surface area contributed by atoms with Gasteiger partial charge in [-0.2, -0.15) is 9.57 Å². The Morgan fingerprint density at radius 3 is 2.32 bits per heavy atom. The molecule has 0 saturated carbocycles. The summed E-state index contributed by atoms with van der Waals surface area (Å²) in [6.07, 6.45) is 0. The fourth-order valence-electron chi connectivity index (χ4n) is 3.05. The van der Waals surface area contributed by atoms with Crippen molar-refractivity contribution in [3.05, 3.63) is 57.8 Å². The number of benzene rings is 2. The zero-order valence-corrected chi connectivity index (χ0v) is 25.3. The van der Waals surface area contributed by atoms with Crippen LogP contribution in [0.3, 0.4) is 0 Å². The molecule has 0 aliphatic carbocycles. The quantitative estimate of drug-likeness (QED) is 0.231. The van der Waals surface area contributed by atoms with Crippen LogP contribution in [0.5, 0.6) is 5.75 Å². The van der Waals surface area contributed by atoms with E-state index in [-0.39, 0.29) is 105 Å². The zero-order valence-electron chi connectivity index (χ0n) is 18.0. The third-order valence-corrected chi connectivity index (χ3v) is 7.63. The Labute approximate surface area is 250 Å². The van der Waals surface area contributed by atoms with Gasteiger partial charge in [-0.15, -0.1) is 0 Å². The molecular weight excluding hydrogens is 555 g/mol. The van der Waals surface area contributed by atoms with Gasteiger partial charge in [0.25, 0.3) is 0 Å². The van der Waals surface area contributed by atoms with Crippen LogP contribution < -0.4 is 73.6 Å². The molecule has 1 fully saturated rings. The van der Waals surface area contributed by atoms with E-state index in [0.717, 1.165) is 10.4 Å². The van der Waals surface area contributed by atoms with Gasteiger partial charge in [0.2, 0.25) is 10.0 Å². The van der Waals surface area contributed by atoms with Gasteiger partial charge in [0.05, 0.1) is 37.0 Å². The number of rotatable bonds is 8. The van der Waals surface area contributed by atoms with E-state index in [2.05, 4.69) is 4.52 Å². The summed E-state index contributed by atoms with van der Waals surface area (Å²) in [5.74, 6) is -0.801. The largest absolute Gasteiger partial charge is 1.00 e. The number of nitrogens with zero attached hydrogens (tertiary/aromatic N) is 2. The van der Waals surface area contributed by atoms with E-state index in [1.54, 1.807) is 6.07 Å². The van der Waals surface area contributed by atoms with E-state index in [9.17, 15) is 27.2 Å². The Bertz CT molecular complexity index is 1240. The molecule has 3 rings (SSSR count). The van der Waals surface area contributed by atoms with E-state index in [1.807, 2.05) is 0 Å². The molecule has 34 heavy (non-hydrogen) atoms. The second kappa shape index (κ2) is 12.7. The summed E-state index contributed by atoms with van der Waals surface area (Å²) < 4.78 is 61.4. The molecule has 0 unspecified atom stereocenters. The molecule has 0 atom stereocenters. The maximum Gasteiger partial charge on any atom is 1.00 e. The SMILES string of the molecule is N#Cc1ccc(OCC2(COP(=O)([O-])[O-])CN(S(=O)(=O)c3ccc(Cl)cc3Cl)C2)cc1F.[Na+].[Na+]. The first-order valence-electron chi connectivity index (χ1n) is 8.80. The third kappa shape index (κ3) is 7.88. The maximum absolute atomic E-state index is 13.8. The first kappa shape index (κ1) is 32.3. The van der Waals surface area contributed by atoms with Gasteiger partial charge in [0.15, 0.2) is 0 Å². The topological polar surface area (TPSA) is 143 Å². The Morgan fingerprint density at radius 2 is 1.79 bits per heavy atom. The molecule has 1 saturated heterocycles. The predicted octanol–water partition coefficient (Wildman–Crippen LogP) is -4.07. The van der Waals surface area contributed by atoms with E-state index < -0.39 is 35.7 Å². The minimum atomic E-state index is -5.34. The minimum absolute atomic E-state index is 0. The summed E-state index contributed by atoms with van der Waals surface area (Å²) >= 11 is 11.8. The van der Waals surface area contributed by atoms with Gasteiger partial charge in [-0.05, 0) is 30.3 Å². The summed E-state index contributed by atoms with van der Waals surface area (Å²) in [5, 5.41) is 8.93. The number of phosphoric acid groups is 1. The second-order valence-electron chi connectivity index (χ2n) is 7.11. The fraction of sp³-hybridized carbons (Fsp3) is 0.278. The Hall–Kier alpha value is 0.260. The number of sulfonamides is 1. The molecule has 172 valence electrons. The van der Waals surface area contributed by atoms with Crippen molar-refractivity contribution >= 4 is 41.0 Å². The Morgan fingerprint density at radius 1 is 1.15 bits per heavy atom. The van der Waals surface area contributed by atoms with Crippen molar-refractivity contribution in [3.8, 4) is 11.8 Å². The molecule has 0 aromatic heterocycles. The summed E-state index contributed by atoms with van der Waals surface area (Å²) in [6.45, 7) is -1.45. The van der Waals surface area contributed by atoms with Crippen LogP contribution in [0.1, 0.15) is 5.56 Å². The van der Waals surface area contributed by atoms with Crippen molar-refractivity contribution in [3.63, 3.8) is 0 Å². The Balaban J connectivity index is 0.00000289. The van der Waals surface area contributed by atoms with Crippen LogP contribution in [0.2, 0.25) is 10.0 Å². The molecular formula is C18H14Cl2FN2Na2O7PS. The van der Waals surface area contributed by atoms with Crippen LogP contribution >= 0.6 is 31.0 Å². The molecule has 0 bridgehead atoms. The van der Waals surface area contributed by atoms with Crippen molar-refractivity contribution in [1.82, 2.24) is 4.31 Å². The summed E-state index contributed by atoms with van der Waals surface area (Å²) in [7, 11) is -9.41.